The Balaban J connectivity index is 1.56. The number of rotatable bonds is 7. The molecule has 5 nitrogen and oxygen atoms in total. The number of ether oxygens (including phenoxy) is 1. The molecule has 0 fully saturated rings. The zero-order valence-electron chi connectivity index (χ0n) is 15.5. The first-order valence-electron chi connectivity index (χ1n) is 8.94. The molecule has 0 radical (unpaired) electrons. The molecule has 2 aromatic carbocycles. The Kier molecular flexibility index (Phi) is 6.05. The van der Waals surface area contributed by atoms with Crippen LogP contribution in [0.25, 0.3) is 0 Å². The Bertz CT molecular complexity index is 890. The first kappa shape index (κ1) is 18.5. The van der Waals surface area contributed by atoms with Crippen molar-refractivity contribution in [1.29, 1.82) is 0 Å². The van der Waals surface area contributed by atoms with Gasteiger partial charge in [0.1, 0.15) is 11.6 Å². The molecule has 0 aliphatic rings. The lowest BCUT2D eigenvalue weighted by Crippen LogP contribution is -2.22. The largest absolute Gasteiger partial charge is 0.494 e. The molecule has 1 amide bonds. The zero-order chi connectivity index (χ0) is 19.1. The molecular formula is C22H23N3O2. The number of anilines is 2. The fraction of sp³-hybridized carbons (Fsp3) is 0.182. The molecule has 3 rings (SSSR count). The molecule has 0 aliphatic heterocycles. The van der Waals surface area contributed by atoms with Crippen LogP contribution in [0.2, 0.25) is 0 Å². The van der Waals surface area contributed by atoms with Crippen molar-refractivity contribution in [1.82, 2.24) is 10.3 Å². The van der Waals surface area contributed by atoms with E-state index in [2.05, 4.69) is 21.7 Å². The molecule has 0 spiro atoms. The van der Waals surface area contributed by atoms with Crippen molar-refractivity contribution in [3.05, 3.63) is 83.6 Å². The van der Waals surface area contributed by atoms with Crippen LogP contribution in [0.3, 0.4) is 0 Å². The highest BCUT2D eigenvalue weighted by Crippen LogP contribution is 2.19. The zero-order valence-corrected chi connectivity index (χ0v) is 15.5. The van der Waals surface area contributed by atoms with E-state index in [1.807, 2.05) is 56.3 Å². The molecule has 0 saturated carbocycles. The van der Waals surface area contributed by atoms with Crippen LogP contribution in [0.1, 0.15) is 28.4 Å². The van der Waals surface area contributed by atoms with E-state index in [-0.39, 0.29) is 5.91 Å². The van der Waals surface area contributed by atoms with E-state index in [9.17, 15) is 4.79 Å². The lowest BCUT2D eigenvalue weighted by Gasteiger charge is -2.09. The van der Waals surface area contributed by atoms with Crippen molar-refractivity contribution in [2.24, 2.45) is 0 Å². The van der Waals surface area contributed by atoms with Crippen molar-refractivity contribution in [2.45, 2.75) is 20.4 Å². The lowest BCUT2D eigenvalue weighted by molar-refractivity contribution is 0.0950. The van der Waals surface area contributed by atoms with Crippen LogP contribution >= 0.6 is 0 Å². The number of carbonyl (C=O) groups excluding carboxylic acids is 1. The van der Waals surface area contributed by atoms with Crippen molar-refractivity contribution >= 4 is 17.4 Å². The number of hydrogen-bond donors (Lipinski definition) is 2. The van der Waals surface area contributed by atoms with Crippen LogP contribution in [0.5, 0.6) is 5.75 Å². The van der Waals surface area contributed by atoms with E-state index in [4.69, 9.17) is 4.74 Å². The molecule has 3 aromatic rings. The smallest absolute Gasteiger partial charge is 0.253 e. The van der Waals surface area contributed by atoms with Crippen LogP contribution in [-0.2, 0) is 6.54 Å². The van der Waals surface area contributed by atoms with Gasteiger partial charge < -0.3 is 15.4 Å². The summed E-state index contributed by atoms with van der Waals surface area (Å²) in [5.74, 6) is 1.36. The minimum atomic E-state index is -0.142. The third kappa shape index (κ3) is 5.31. The number of nitrogens with one attached hydrogen (secondary N) is 2. The molecule has 0 aliphatic carbocycles. The topological polar surface area (TPSA) is 63.2 Å². The first-order valence-corrected chi connectivity index (χ1v) is 8.94. The lowest BCUT2D eigenvalue weighted by atomic mass is 10.1. The van der Waals surface area contributed by atoms with Gasteiger partial charge in [0, 0.05) is 18.4 Å². The maximum Gasteiger partial charge on any atom is 0.253 e. The van der Waals surface area contributed by atoms with Gasteiger partial charge in [-0.15, -0.1) is 0 Å². The average Bonchev–Trinajstić information content (AvgIpc) is 2.68. The average molecular weight is 361 g/mol. The van der Waals surface area contributed by atoms with Crippen molar-refractivity contribution in [2.75, 3.05) is 11.9 Å². The molecule has 27 heavy (non-hydrogen) atoms. The summed E-state index contributed by atoms with van der Waals surface area (Å²) in [6.07, 6.45) is 1.57. The highest BCUT2D eigenvalue weighted by atomic mass is 16.5. The maximum atomic E-state index is 12.3. The molecule has 138 valence electrons. The van der Waals surface area contributed by atoms with Gasteiger partial charge in [-0.1, -0.05) is 29.8 Å². The molecule has 5 heteroatoms. The van der Waals surface area contributed by atoms with Crippen molar-refractivity contribution in [3.8, 4) is 5.75 Å². The summed E-state index contributed by atoms with van der Waals surface area (Å²) in [6.45, 7) is 5.12. The molecule has 0 bridgehead atoms. The predicted octanol–water partition coefficient (Wildman–Crippen LogP) is 4.46. The van der Waals surface area contributed by atoms with Gasteiger partial charge in [-0.2, -0.15) is 0 Å². The summed E-state index contributed by atoms with van der Waals surface area (Å²) in [4.78, 5) is 16.6. The summed E-state index contributed by atoms with van der Waals surface area (Å²) in [5.41, 5.74) is 3.68. The highest BCUT2D eigenvalue weighted by Gasteiger charge is 2.06. The Morgan fingerprint density at radius 3 is 2.56 bits per heavy atom. The van der Waals surface area contributed by atoms with Crippen molar-refractivity contribution < 1.29 is 9.53 Å². The fourth-order valence-corrected chi connectivity index (χ4v) is 2.66. The molecule has 0 atom stereocenters. The van der Waals surface area contributed by atoms with E-state index >= 15 is 0 Å². The minimum absolute atomic E-state index is 0.142. The third-order valence-electron chi connectivity index (χ3n) is 4.00. The number of benzene rings is 2. The third-order valence-corrected chi connectivity index (χ3v) is 4.00. The summed E-state index contributed by atoms with van der Waals surface area (Å²) in [6, 6.07) is 19.3. The van der Waals surface area contributed by atoms with Gasteiger partial charge in [0.2, 0.25) is 0 Å². The number of hydrogen-bond acceptors (Lipinski definition) is 4. The molecule has 0 unspecified atom stereocenters. The molecular weight excluding hydrogens is 338 g/mol. The van der Waals surface area contributed by atoms with E-state index < -0.39 is 0 Å². The van der Waals surface area contributed by atoms with Crippen molar-refractivity contribution in [3.63, 3.8) is 0 Å². The summed E-state index contributed by atoms with van der Waals surface area (Å²) >= 11 is 0. The highest BCUT2D eigenvalue weighted by molar-refractivity contribution is 5.94. The molecule has 0 saturated heterocycles. The molecule has 1 aromatic heterocycles. The van der Waals surface area contributed by atoms with Gasteiger partial charge in [0.25, 0.3) is 5.91 Å². The number of aromatic nitrogens is 1. The number of pyridine rings is 1. The van der Waals surface area contributed by atoms with Gasteiger partial charge in [0.15, 0.2) is 0 Å². The SMILES string of the molecule is CCOc1ccc(Nc2ccc(C(=O)NCc3cccc(C)c3)cn2)cc1. The second kappa shape index (κ2) is 8.85. The second-order valence-electron chi connectivity index (χ2n) is 6.19. The maximum absolute atomic E-state index is 12.3. The second-order valence-corrected chi connectivity index (χ2v) is 6.19. The van der Waals surface area contributed by atoms with Crippen LogP contribution in [-0.4, -0.2) is 17.5 Å². The number of nitrogens with zero attached hydrogens (tertiary/aromatic N) is 1. The number of amides is 1. The van der Waals surface area contributed by atoms with Gasteiger partial charge in [-0.25, -0.2) is 4.98 Å². The molecule has 2 N–H and O–H groups in total. The summed E-state index contributed by atoms with van der Waals surface area (Å²) in [7, 11) is 0. The molecule has 1 heterocycles. The Hall–Kier alpha value is -3.34. The van der Waals surface area contributed by atoms with Crippen LogP contribution in [0.15, 0.2) is 66.9 Å². The summed E-state index contributed by atoms with van der Waals surface area (Å²) in [5, 5.41) is 6.12. The van der Waals surface area contributed by atoms with E-state index in [1.165, 1.54) is 5.56 Å². The first-order chi connectivity index (χ1) is 13.1. The monoisotopic (exact) mass is 361 g/mol. The van der Waals surface area contributed by atoms with Gasteiger partial charge in [-0.05, 0) is 55.8 Å². The van der Waals surface area contributed by atoms with Gasteiger partial charge in [-0.3, -0.25) is 4.79 Å². The van der Waals surface area contributed by atoms with E-state index in [0.29, 0.717) is 24.5 Å². The minimum Gasteiger partial charge on any atom is -0.494 e. The van der Waals surface area contributed by atoms with E-state index in [1.54, 1.807) is 18.3 Å². The summed E-state index contributed by atoms with van der Waals surface area (Å²) < 4.78 is 5.43. The van der Waals surface area contributed by atoms with Crippen LogP contribution in [0, 0.1) is 6.92 Å². The number of aryl methyl sites for hydroxylation is 1. The Labute approximate surface area is 159 Å². The van der Waals surface area contributed by atoms with Crippen LogP contribution in [0.4, 0.5) is 11.5 Å². The van der Waals surface area contributed by atoms with E-state index in [0.717, 1.165) is 17.0 Å². The Morgan fingerprint density at radius 1 is 1.07 bits per heavy atom. The standard InChI is InChI=1S/C22H23N3O2/c1-3-27-20-10-8-19(9-11-20)25-21-12-7-18(15-23-21)22(26)24-14-17-6-4-5-16(2)13-17/h4-13,15H,3,14H2,1-2H3,(H,23,25)(H,24,26). The van der Waals surface area contributed by atoms with Gasteiger partial charge in [0.05, 0.1) is 12.2 Å². The Morgan fingerprint density at radius 2 is 1.89 bits per heavy atom. The van der Waals surface area contributed by atoms with Gasteiger partial charge >= 0.3 is 0 Å². The fourth-order valence-electron chi connectivity index (χ4n) is 2.66. The quantitative estimate of drug-likeness (QED) is 0.652. The van der Waals surface area contributed by atoms with Crippen LogP contribution < -0.4 is 15.4 Å². The normalized spacial score (nSPS) is 10.3. The number of carbonyl (C=O) groups is 1. The predicted molar refractivity (Wildman–Crippen MR) is 107 cm³/mol.